The molecule has 3 rings (SSSR count). The minimum atomic E-state index is -0.736. The summed E-state index contributed by atoms with van der Waals surface area (Å²) in [6, 6.07) is 9.49. The lowest BCUT2D eigenvalue weighted by Gasteiger charge is -2.32. The first-order valence-electron chi connectivity index (χ1n) is 7.43. The zero-order chi connectivity index (χ0) is 16.4. The molecular formula is C17H18O6. The SMILES string of the molecule is CC(=O)O[C@H]1[C@@H]2O[C@H](c3ccccc3)O[C@@H]2C=C[C@H]1OC(C)=O. The Labute approximate surface area is 134 Å². The highest BCUT2D eigenvalue weighted by Crippen LogP contribution is 2.37. The number of esters is 2. The predicted octanol–water partition coefficient (Wildman–Crippen LogP) is 1.90. The van der Waals surface area contributed by atoms with Gasteiger partial charge >= 0.3 is 11.9 Å². The number of hydrogen-bond donors (Lipinski definition) is 0. The van der Waals surface area contributed by atoms with E-state index < -0.39 is 36.5 Å². The van der Waals surface area contributed by atoms with Gasteiger partial charge in [-0.2, -0.15) is 0 Å². The molecule has 6 heteroatoms. The number of carbonyl (C=O) groups excluding carboxylic acids is 2. The molecule has 0 aromatic heterocycles. The van der Waals surface area contributed by atoms with E-state index in [1.54, 1.807) is 12.2 Å². The average molecular weight is 318 g/mol. The zero-order valence-corrected chi connectivity index (χ0v) is 12.9. The van der Waals surface area contributed by atoms with Crippen molar-refractivity contribution in [3.05, 3.63) is 48.0 Å². The molecule has 23 heavy (non-hydrogen) atoms. The molecule has 1 aromatic carbocycles. The Bertz CT molecular complexity index is 611. The minimum Gasteiger partial charge on any atom is -0.455 e. The lowest BCUT2D eigenvalue weighted by Crippen LogP contribution is -2.48. The van der Waals surface area contributed by atoms with Gasteiger partial charge in [-0.05, 0) is 6.08 Å². The molecule has 1 heterocycles. The Kier molecular flexibility index (Phi) is 4.45. The minimum absolute atomic E-state index is 0.364. The van der Waals surface area contributed by atoms with Gasteiger partial charge in [0.15, 0.2) is 18.5 Å². The summed E-state index contributed by atoms with van der Waals surface area (Å²) in [5.74, 6) is -0.915. The van der Waals surface area contributed by atoms with E-state index in [9.17, 15) is 9.59 Å². The van der Waals surface area contributed by atoms with Crippen molar-refractivity contribution < 1.29 is 28.5 Å². The Morgan fingerprint density at radius 3 is 2.30 bits per heavy atom. The molecule has 0 bridgehead atoms. The Hall–Kier alpha value is -2.18. The molecule has 0 N–H and O–H groups in total. The second-order valence-electron chi connectivity index (χ2n) is 5.48. The highest BCUT2D eigenvalue weighted by Gasteiger charge is 2.48. The average Bonchev–Trinajstić information content (AvgIpc) is 2.94. The third kappa shape index (κ3) is 3.43. The molecule has 122 valence electrons. The fraction of sp³-hybridized carbons (Fsp3) is 0.412. The molecule has 0 radical (unpaired) electrons. The molecule has 5 atom stereocenters. The summed E-state index contributed by atoms with van der Waals surface area (Å²) in [6.07, 6.45) is 0.587. The van der Waals surface area contributed by atoms with E-state index in [0.29, 0.717) is 0 Å². The topological polar surface area (TPSA) is 71.1 Å². The van der Waals surface area contributed by atoms with Gasteiger partial charge in [-0.3, -0.25) is 9.59 Å². The first kappa shape index (κ1) is 15.7. The molecule has 1 saturated heterocycles. The largest absolute Gasteiger partial charge is 0.455 e. The first-order chi connectivity index (χ1) is 11.0. The van der Waals surface area contributed by atoms with Crippen LogP contribution in [0.4, 0.5) is 0 Å². The third-order valence-electron chi connectivity index (χ3n) is 3.70. The summed E-state index contributed by atoms with van der Waals surface area (Å²) in [4.78, 5) is 22.7. The van der Waals surface area contributed by atoms with Gasteiger partial charge in [-0.1, -0.05) is 36.4 Å². The molecule has 1 aliphatic heterocycles. The van der Waals surface area contributed by atoms with Crippen LogP contribution >= 0.6 is 0 Å². The van der Waals surface area contributed by atoms with Crippen LogP contribution in [0, 0.1) is 0 Å². The maximum absolute atomic E-state index is 11.4. The lowest BCUT2D eigenvalue weighted by molar-refractivity contribution is -0.174. The highest BCUT2D eigenvalue weighted by molar-refractivity contribution is 5.67. The summed E-state index contributed by atoms with van der Waals surface area (Å²) < 4.78 is 22.4. The number of fused-ring (bicyclic) bond motifs is 1. The van der Waals surface area contributed by atoms with Gasteiger partial charge in [0.2, 0.25) is 0 Å². The summed E-state index contributed by atoms with van der Waals surface area (Å²) in [6.45, 7) is 2.62. The van der Waals surface area contributed by atoms with Gasteiger partial charge in [0, 0.05) is 19.4 Å². The Morgan fingerprint density at radius 1 is 0.957 bits per heavy atom. The van der Waals surface area contributed by atoms with Crippen molar-refractivity contribution in [1.29, 1.82) is 0 Å². The van der Waals surface area contributed by atoms with Crippen molar-refractivity contribution in [2.45, 2.75) is 44.6 Å². The fourth-order valence-corrected chi connectivity index (χ4v) is 2.80. The van der Waals surface area contributed by atoms with Crippen molar-refractivity contribution in [3.8, 4) is 0 Å². The van der Waals surface area contributed by atoms with E-state index in [1.807, 2.05) is 30.3 Å². The van der Waals surface area contributed by atoms with Gasteiger partial charge in [0.1, 0.15) is 12.2 Å². The van der Waals surface area contributed by atoms with Crippen LogP contribution in [0.1, 0.15) is 25.7 Å². The van der Waals surface area contributed by atoms with Gasteiger partial charge in [0.25, 0.3) is 0 Å². The van der Waals surface area contributed by atoms with E-state index in [-0.39, 0.29) is 6.10 Å². The molecule has 6 nitrogen and oxygen atoms in total. The fourth-order valence-electron chi connectivity index (χ4n) is 2.80. The molecule has 1 aromatic rings. The number of benzene rings is 1. The molecule has 0 amide bonds. The number of hydrogen-bond acceptors (Lipinski definition) is 6. The number of carbonyl (C=O) groups is 2. The zero-order valence-electron chi connectivity index (χ0n) is 12.9. The number of rotatable bonds is 3. The number of ether oxygens (including phenoxy) is 4. The van der Waals surface area contributed by atoms with Crippen molar-refractivity contribution in [1.82, 2.24) is 0 Å². The van der Waals surface area contributed by atoms with E-state index in [4.69, 9.17) is 18.9 Å². The van der Waals surface area contributed by atoms with Crippen molar-refractivity contribution in [2.75, 3.05) is 0 Å². The van der Waals surface area contributed by atoms with E-state index in [2.05, 4.69) is 0 Å². The van der Waals surface area contributed by atoms with Crippen LogP contribution in [0.25, 0.3) is 0 Å². The smallest absolute Gasteiger partial charge is 0.303 e. The van der Waals surface area contributed by atoms with E-state index in [1.165, 1.54) is 13.8 Å². The molecule has 0 spiro atoms. The normalized spacial score (nSPS) is 32.2. The first-order valence-corrected chi connectivity index (χ1v) is 7.43. The van der Waals surface area contributed by atoms with Gasteiger partial charge in [0.05, 0.1) is 0 Å². The van der Waals surface area contributed by atoms with Gasteiger partial charge in [-0.25, -0.2) is 0 Å². The Morgan fingerprint density at radius 2 is 1.65 bits per heavy atom. The predicted molar refractivity (Wildman–Crippen MR) is 79.2 cm³/mol. The van der Waals surface area contributed by atoms with Crippen LogP contribution in [-0.4, -0.2) is 36.4 Å². The Balaban J connectivity index is 1.81. The maximum atomic E-state index is 11.4. The maximum Gasteiger partial charge on any atom is 0.303 e. The van der Waals surface area contributed by atoms with Crippen LogP contribution in [0.15, 0.2) is 42.5 Å². The monoisotopic (exact) mass is 318 g/mol. The molecule has 0 saturated carbocycles. The van der Waals surface area contributed by atoms with Crippen LogP contribution in [0.2, 0.25) is 0 Å². The van der Waals surface area contributed by atoms with Gasteiger partial charge in [-0.15, -0.1) is 0 Å². The summed E-state index contributed by atoms with van der Waals surface area (Å²) >= 11 is 0. The van der Waals surface area contributed by atoms with Crippen molar-refractivity contribution in [2.24, 2.45) is 0 Å². The standard InChI is InChI=1S/C17H18O6/c1-10(18)20-13-8-9-14-16(15(13)21-11(2)19)23-17(22-14)12-6-4-3-5-7-12/h3-9,13-17H,1-2H3/t13-,14-,15-,16-,17-/m1/s1. The summed E-state index contributed by atoms with van der Waals surface area (Å²) in [5.41, 5.74) is 0.876. The second-order valence-corrected chi connectivity index (χ2v) is 5.48. The lowest BCUT2D eigenvalue weighted by atomic mass is 9.96. The molecule has 1 fully saturated rings. The van der Waals surface area contributed by atoms with Crippen LogP contribution in [0.3, 0.4) is 0 Å². The third-order valence-corrected chi connectivity index (χ3v) is 3.70. The van der Waals surface area contributed by atoms with Crippen molar-refractivity contribution >= 4 is 11.9 Å². The second kappa shape index (κ2) is 6.52. The molecule has 1 aliphatic carbocycles. The highest BCUT2D eigenvalue weighted by atomic mass is 16.7. The van der Waals surface area contributed by atoms with Crippen LogP contribution in [-0.2, 0) is 28.5 Å². The quantitative estimate of drug-likeness (QED) is 0.626. The van der Waals surface area contributed by atoms with Gasteiger partial charge < -0.3 is 18.9 Å². The van der Waals surface area contributed by atoms with Crippen molar-refractivity contribution in [3.63, 3.8) is 0 Å². The van der Waals surface area contributed by atoms with E-state index in [0.717, 1.165) is 5.56 Å². The van der Waals surface area contributed by atoms with Crippen LogP contribution < -0.4 is 0 Å². The summed E-state index contributed by atoms with van der Waals surface area (Å²) in [5, 5.41) is 0. The molecule has 0 unspecified atom stereocenters. The molecule has 2 aliphatic rings. The summed E-state index contributed by atoms with van der Waals surface area (Å²) in [7, 11) is 0. The molecular weight excluding hydrogens is 300 g/mol. The van der Waals surface area contributed by atoms with E-state index >= 15 is 0 Å². The van der Waals surface area contributed by atoms with Crippen LogP contribution in [0.5, 0.6) is 0 Å².